The quantitative estimate of drug-likeness (QED) is 0.628. The first kappa shape index (κ1) is 12.5. The van der Waals surface area contributed by atoms with E-state index in [4.69, 9.17) is 5.73 Å². The van der Waals surface area contributed by atoms with Gasteiger partial charge in [-0.2, -0.15) is 0 Å². The molecule has 4 heteroatoms. The van der Waals surface area contributed by atoms with E-state index < -0.39 is 12.1 Å². The summed E-state index contributed by atoms with van der Waals surface area (Å²) in [6.45, 7) is 6.10. The molecule has 4 N–H and O–H groups in total. The molecule has 88 valence electrons. The van der Waals surface area contributed by atoms with Crippen molar-refractivity contribution in [3.63, 3.8) is 0 Å². The summed E-state index contributed by atoms with van der Waals surface area (Å²) in [5, 5.41) is 12.3. The molecule has 4 nitrogen and oxygen atoms in total. The topological polar surface area (TPSA) is 75.4 Å². The molecule has 0 bridgehead atoms. The highest BCUT2D eigenvalue weighted by molar-refractivity contribution is 5.82. The van der Waals surface area contributed by atoms with Crippen LogP contribution in [0.15, 0.2) is 0 Å². The molecule has 1 saturated carbocycles. The molecule has 0 spiro atoms. The van der Waals surface area contributed by atoms with Crippen molar-refractivity contribution < 1.29 is 9.90 Å². The Kier molecular flexibility index (Phi) is 3.73. The summed E-state index contributed by atoms with van der Waals surface area (Å²) >= 11 is 0. The first-order valence-corrected chi connectivity index (χ1v) is 5.53. The van der Waals surface area contributed by atoms with E-state index in [2.05, 4.69) is 5.32 Å². The van der Waals surface area contributed by atoms with Crippen molar-refractivity contribution in [1.29, 1.82) is 0 Å². The lowest BCUT2D eigenvalue weighted by Crippen LogP contribution is -2.50. The average molecular weight is 214 g/mol. The van der Waals surface area contributed by atoms with Gasteiger partial charge in [-0.15, -0.1) is 0 Å². The van der Waals surface area contributed by atoms with Crippen LogP contribution in [-0.4, -0.2) is 29.7 Å². The Morgan fingerprint density at radius 3 is 2.47 bits per heavy atom. The maximum atomic E-state index is 11.6. The molecule has 2 unspecified atom stereocenters. The van der Waals surface area contributed by atoms with Crippen molar-refractivity contribution in [1.82, 2.24) is 5.32 Å². The molecule has 15 heavy (non-hydrogen) atoms. The summed E-state index contributed by atoms with van der Waals surface area (Å²) in [7, 11) is 0. The highest BCUT2D eigenvalue weighted by atomic mass is 16.3. The van der Waals surface area contributed by atoms with E-state index >= 15 is 0 Å². The Labute approximate surface area is 91.2 Å². The molecule has 1 fully saturated rings. The number of rotatable bonds is 4. The van der Waals surface area contributed by atoms with E-state index in [9.17, 15) is 9.90 Å². The fraction of sp³-hybridized carbons (Fsp3) is 0.909. The summed E-state index contributed by atoms with van der Waals surface area (Å²) in [5.41, 5.74) is 5.54. The van der Waals surface area contributed by atoms with Gasteiger partial charge in [0.15, 0.2) is 0 Å². The maximum absolute atomic E-state index is 11.6. The molecular weight excluding hydrogens is 192 g/mol. The summed E-state index contributed by atoms with van der Waals surface area (Å²) in [6, 6.07) is -0.524. The van der Waals surface area contributed by atoms with E-state index in [1.165, 1.54) is 0 Å². The molecule has 0 heterocycles. The average Bonchev–Trinajstić information content (AvgIpc) is 2.93. The number of carbonyl (C=O) groups is 1. The van der Waals surface area contributed by atoms with Gasteiger partial charge in [0.05, 0.1) is 12.1 Å². The fourth-order valence-corrected chi connectivity index (χ4v) is 1.36. The van der Waals surface area contributed by atoms with E-state index in [0.29, 0.717) is 12.5 Å². The van der Waals surface area contributed by atoms with Gasteiger partial charge in [-0.25, -0.2) is 0 Å². The number of hydrogen-bond donors (Lipinski definition) is 3. The number of nitrogens with one attached hydrogen (secondary N) is 1. The van der Waals surface area contributed by atoms with E-state index in [-0.39, 0.29) is 11.3 Å². The predicted octanol–water partition coefficient (Wildman–Crippen LogP) is 0.247. The Bertz CT molecular complexity index is 231. The largest absolute Gasteiger partial charge is 0.391 e. The van der Waals surface area contributed by atoms with Crippen LogP contribution in [0, 0.1) is 11.3 Å². The summed E-state index contributed by atoms with van der Waals surface area (Å²) in [6.07, 6.45) is 1.74. The first-order chi connectivity index (χ1) is 6.82. The lowest BCUT2D eigenvalue weighted by molar-refractivity contribution is -0.125. The molecule has 1 aliphatic carbocycles. The predicted molar refractivity (Wildman–Crippen MR) is 59.2 cm³/mol. The van der Waals surface area contributed by atoms with Crippen LogP contribution >= 0.6 is 0 Å². The van der Waals surface area contributed by atoms with Crippen molar-refractivity contribution in [2.45, 2.75) is 45.8 Å². The zero-order valence-electron chi connectivity index (χ0n) is 9.79. The molecule has 2 atom stereocenters. The highest BCUT2D eigenvalue weighted by Crippen LogP contribution is 2.32. The Balaban J connectivity index is 2.28. The van der Waals surface area contributed by atoms with Gasteiger partial charge in [0, 0.05) is 6.54 Å². The number of aliphatic hydroxyl groups is 1. The van der Waals surface area contributed by atoms with Gasteiger partial charge in [-0.05, 0) is 24.2 Å². The molecular formula is C11H22N2O2. The third-order valence-electron chi connectivity index (χ3n) is 2.87. The van der Waals surface area contributed by atoms with E-state index in [1.807, 2.05) is 20.8 Å². The molecule has 1 rings (SSSR count). The lowest BCUT2D eigenvalue weighted by atomic mass is 9.87. The monoisotopic (exact) mass is 214 g/mol. The van der Waals surface area contributed by atoms with Gasteiger partial charge in [0.1, 0.15) is 0 Å². The third-order valence-corrected chi connectivity index (χ3v) is 2.87. The Hall–Kier alpha value is -0.610. The van der Waals surface area contributed by atoms with Crippen LogP contribution in [0.4, 0.5) is 0 Å². The van der Waals surface area contributed by atoms with Crippen LogP contribution in [0.25, 0.3) is 0 Å². The minimum Gasteiger partial charge on any atom is -0.391 e. The molecule has 1 aliphatic rings. The number of nitrogens with two attached hydrogens (primary N) is 1. The Morgan fingerprint density at radius 1 is 1.53 bits per heavy atom. The van der Waals surface area contributed by atoms with Crippen molar-refractivity contribution in [2.24, 2.45) is 17.1 Å². The van der Waals surface area contributed by atoms with E-state index in [1.54, 1.807) is 0 Å². The number of hydrogen-bond acceptors (Lipinski definition) is 3. The molecule has 1 amide bonds. The third kappa shape index (κ3) is 3.80. The maximum Gasteiger partial charge on any atom is 0.237 e. The van der Waals surface area contributed by atoms with Crippen molar-refractivity contribution in [3.05, 3.63) is 0 Å². The van der Waals surface area contributed by atoms with Gasteiger partial charge >= 0.3 is 0 Å². The van der Waals surface area contributed by atoms with Gasteiger partial charge in [0.25, 0.3) is 0 Å². The normalized spacial score (nSPS) is 20.9. The van der Waals surface area contributed by atoms with Crippen LogP contribution in [0.2, 0.25) is 0 Å². The minimum absolute atomic E-state index is 0.179. The van der Waals surface area contributed by atoms with Crippen LogP contribution in [-0.2, 0) is 4.79 Å². The summed E-state index contributed by atoms with van der Waals surface area (Å²) < 4.78 is 0. The van der Waals surface area contributed by atoms with Gasteiger partial charge < -0.3 is 16.2 Å². The summed E-state index contributed by atoms with van der Waals surface area (Å²) in [4.78, 5) is 11.6. The summed E-state index contributed by atoms with van der Waals surface area (Å²) in [5.74, 6) is 0.207. The second-order valence-electron chi connectivity index (χ2n) is 5.49. The number of amides is 1. The lowest BCUT2D eigenvalue weighted by Gasteiger charge is -2.26. The molecule has 0 saturated heterocycles. The standard InChI is InChI=1S/C11H22N2O2/c1-11(2,3)9(12)10(15)13-6-8(14)7-4-5-7/h7-9,14H,4-6,12H2,1-3H3,(H,13,15). The van der Waals surface area contributed by atoms with Crippen molar-refractivity contribution >= 4 is 5.91 Å². The van der Waals surface area contributed by atoms with Crippen LogP contribution in [0.1, 0.15) is 33.6 Å². The van der Waals surface area contributed by atoms with Gasteiger partial charge in [0.2, 0.25) is 5.91 Å². The number of carbonyl (C=O) groups excluding carboxylic acids is 1. The molecule has 0 aliphatic heterocycles. The SMILES string of the molecule is CC(C)(C)C(N)C(=O)NCC(O)C1CC1. The molecule has 0 radical (unpaired) electrons. The Morgan fingerprint density at radius 2 is 2.07 bits per heavy atom. The van der Waals surface area contributed by atoms with Crippen molar-refractivity contribution in [3.8, 4) is 0 Å². The molecule has 0 aromatic rings. The van der Waals surface area contributed by atoms with E-state index in [0.717, 1.165) is 12.8 Å². The van der Waals surface area contributed by atoms with Gasteiger partial charge in [-0.3, -0.25) is 4.79 Å². The zero-order chi connectivity index (χ0) is 11.6. The highest BCUT2D eigenvalue weighted by Gasteiger charge is 2.31. The molecule has 0 aromatic heterocycles. The minimum atomic E-state index is -0.524. The van der Waals surface area contributed by atoms with Gasteiger partial charge in [-0.1, -0.05) is 20.8 Å². The first-order valence-electron chi connectivity index (χ1n) is 5.53. The second-order valence-corrected chi connectivity index (χ2v) is 5.49. The fourth-order valence-electron chi connectivity index (χ4n) is 1.36. The molecule has 0 aromatic carbocycles. The van der Waals surface area contributed by atoms with Crippen LogP contribution in [0.3, 0.4) is 0 Å². The second kappa shape index (κ2) is 4.49. The van der Waals surface area contributed by atoms with Crippen LogP contribution in [0.5, 0.6) is 0 Å². The number of aliphatic hydroxyl groups excluding tert-OH is 1. The van der Waals surface area contributed by atoms with Crippen LogP contribution < -0.4 is 11.1 Å². The van der Waals surface area contributed by atoms with Crippen molar-refractivity contribution in [2.75, 3.05) is 6.54 Å². The zero-order valence-corrected chi connectivity index (χ0v) is 9.79. The smallest absolute Gasteiger partial charge is 0.237 e.